The molecule has 3 aromatic heterocycles. The molecule has 1 fully saturated rings. The zero-order chi connectivity index (χ0) is 22.8. The van der Waals surface area contributed by atoms with Crippen molar-refractivity contribution in [3.8, 4) is 11.1 Å². The van der Waals surface area contributed by atoms with Gasteiger partial charge >= 0.3 is 0 Å². The maximum absolute atomic E-state index is 13.9. The lowest BCUT2D eigenvalue weighted by Crippen LogP contribution is -2.32. The Labute approximate surface area is 191 Å². The third-order valence-corrected chi connectivity index (χ3v) is 6.20. The summed E-state index contributed by atoms with van der Waals surface area (Å²) in [5, 5.41) is 10.2. The monoisotopic (exact) mass is 444 g/mol. The zero-order valence-electron chi connectivity index (χ0n) is 18.4. The SMILES string of the molecule is CC1CCN(Cc2cncc(-c3ccc4[nH]nc(C(=O)Nc5cnccc5F)c4c3)c2)CC1. The van der Waals surface area contributed by atoms with Crippen molar-refractivity contribution in [1.29, 1.82) is 0 Å². The van der Waals surface area contributed by atoms with Crippen molar-refractivity contribution in [2.75, 3.05) is 18.4 Å². The number of aromatic nitrogens is 4. The van der Waals surface area contributed by atoms with Gasteiger partial charge in [0.15, 0.2) is 5.69 Å². The molecule has 1 amide bonds. The summed E-state index contributed by atoms with van der Waals surface area (Å²) in [6.45, 7) is 5.42. The first-order chi connectivity index (χ1) is 16.1. The van der Waals surface area contributed by atoms with Gasteiger partial charge in [-0.2, -0.15) is 5.10 Å². The van der Waals surface area contributed by atoms with Crippen LogP contribution in [0, 0.1) is 11.7 Å². The summed E-state index contributed by atoms with van der Waals surface area (Å²) in [6.07, 6.45) is 8.81. The number of halogens is 1. The molecule has 1 aromatic carbocycles. The fourth-order valence-corrected chi connectivity index (χ4v) is 4.23. The number of H-pyrrole nitrogens is 1. The number of rotatable bonds is 5. The number of likely N-dealkylation sites (tertiary alicyclic amines) is 1. The summed E-state index contributed by atoms with van der Waals surface area (Å²) >= 11 is 0. The maximum Gasteiger partial charge on any atom is 0.276 e. The Balaban J connectivity index is 1.39. The second-order valence-corrected chi connectivity index (χ2v) is 8.68. The molecule has 1 aliphatic heterocycles. The van der Waals surface area contributed by atoms with Crippen LogP contribution < -0.4 is 5.32 Å². The predicted molar refractivity (Wildman–Crippen MR) is 125 cm³/mol. The second kappa shape index (κ2) is 9.07. The molecule has 0 radical (unpaired) electrons. The number of benzene rings is 1. The van der Waals surface area contributed by atoms with Crippen molar-refractivity contribution < 1.29 is 9.18 Å². The van der Waals surface area contributed by atoms with E-state index in [1.54, 1.807) is 0 Å². The first-order valence-corrected chi connectivity index (χ1v) is 11.1. The van der Waals surface area contributed by atoms with Crippen LogP contribution >= 0.6 is 0 Å². The third kappa shape index (κ3) is 4.61. The molecule has 8 heteroatoms. The van der Waals surface area contributed by atoms with E-state index in [4.69, 9.17) is 0 Å². The van der Waals surface area contributed by atoms with E-state index >= 15 is 0 Å². The molecule has 33 heavy (non-hydrogen) atoms. The number of hydrogen-bond donors (Lipinski definition) is 2. The fraction of sp³-hybridized carbons (Fsp3) is 0.280. The van der Waals surface area contributed by atoms with Gasteiger partial charge in [-0.15, -0.1) is 0 Å². The van der Waals surface area contributed by atoms with Crippen LogP contribution in [-0.4, -0.2) is 44.1 Å². The van der Waals surface area contributed by atoms with Gasteiger partial charge in [-0.05, 0) is 67.2 Å². The largest absolute Gasteiger partial charge is 0.317 e. The first-order valence-electron chi connectivity index (χ1n) is 11.1. The van der Waals surface area contributed by atoms with Gasteiger partial charge in [0.25, 0.3) is 5.91 Å². The minimum atomic E-state index is -0.551. The lowest BCUT2D eigenvalue weighted by Gasteiger charge is -2.30. The van der Waals surface area contributed by atoms with Crippen molar-refractivity contribution in [2.24, 2.45) is 5.92 Å². The van der Waals surface area contributed by atoms with Crippen LogP contribution in [0.1, 0.15) is 35.8 Å². The standard InChI is InChI=1S/C25H25FN6O/c1-16-5-8-32(9-6-16)15-17-10-19(13-28-12-17)18-2-3-22-20(11-18)24(31-30-22)25(33)29-23-14-27-7-4-21(23)26/h2-4,7,10-14,16H,5-6,8-9,15H2,1H3,(H,29,33)(H,30,31). The highest BCUT2D eigenvalue weighted by atomic mass is 19.1. The van der Waals surface area contributed by atoms with Crippen LogP contribution in [0.2, 0.25) is 0 Å². The molecule has 4 heterocycles. The molecule has 0 bridgehead atoms. The summed E-state index contributed by atoms with van der Waals surface area (Å²) < 4.78 is 13.9. The Bertz CT molecular complexity index is 1300. The van der Waals surface area contributed by atoms with Crippen molar-refractivity contribution in [1.82, 2.24) is 25.1 Å². The third-order valence-electron chi connectivity index (χ3n) is 6.20. The predicted octanol–water partition coefficient (Wildman–Crippen LogP) is 4.64. The van der Waals surface area contributed by atoms with E-state index < -0.39 is 11.7 Å². The summed E-state index contributed by atoms with van der Waals surface area (Å²) in [6, 6.07) is 9.12. The molecule has 2 N–H and O–H groups in total. The molecule has 168 valence electrons. The average molecular weight is 445 g/mol. The first kappa shape index (κ1) is 21.2. The Morgan fingerprint density at radius 2 is 1.97 bits per heavy atom. The van der Waals surface area contributed by atoms with Crippen LogP contribution in [0.4, 0.5) is 10.1 Å². The number of amides is 1. The van der Waals surface area contributed by atoms with Crippen molar-refractivity contribution >= 4 is 22.5 Å². The molecule has 5 rings (SSSR count). The smallest absolute Gasteiger partial charge is 0.276 e. The van der Waals surface area contributed by atoms with E-state index in [9.17, 15) is 9.18 Å². The molecular formula is C25H25FN6O. The fourth-order valence-electron chi connectivity index (χ4n) is 4.23. The number of nitrogens with zero attached hydrogens (tertiary/aromatic N) is 4. The van der Waals surface area contributed by atoms with Gasteiger partial charge in [-0.1, -0.05) is 13.0 Å². The number of hydrogen-bond acceptors (Lipinski definition) is 5. The molecule has 1 saturated heterocycles. The molecule has 0 saturated carbocycles. The minimum absolute atomic E-state index is 0.0128. The lowest BCUT2D eigenvalue weighted by molar-refractivity contribution is 0.102. The molecule has 7 nitrogen and oxygen atoms in total. The summed E-state index contributed by atoms with van der Waals surface area (Å²) in [5.74, 6) is -0.255. The van der Waals surface area contributed by atoms with Crippen LogP contribution in [0.25, 0.3) is 22.0 Å². The van der Waals surface area contributed by atoms with E-state index in [-0.39, 0.29) is 11.4 Å². The lowest BCUT2D eigenvalue weighted by atomic mass is 9.98. The van der Waals surface area contributed by atoms with Crippen molar-refractivity contribution in [2.45, 2.75) is 26.3 Å². The van der Waals surface area contributed by atoms with Crippen LogP contribution in [-0.2, 0) is 6.54 Å². The number of aromatic amines is 1. The zero-order valence-corrected chi connectivity index (χ0v) is 18.4. The Morgan fingerprint density at radius 3 is 2.79 bits per heavy atom. The van der Waals surface area contributed by atoms with Crippen molar-refractivity contribution in [3.05, 3.63) is 72.2 Å². The number of carbonyl (C=O) groups excluding carboxylic acids is 1. The van der Waals surface area contributed by atoms with Gasteiger partial charge in [-0.25, -0.2) is 4.39 Å². The van der Waals surface area contributed by atoms with Gasteiger partial charge in [0.05, 0.1) is 17.4 Å². The molecule has 1 aliphatic rings. The van der Waals surface area contributed by atoms with Gasteiger partial charge in [-0.3, -0.25) is 24.8 Å². The number of anilines is 1. The maximum atomic E-state index is 13.9. The average Bonchev–Trinajstić information content (AvgIpc) is 3.26. The molecule has 0 unspecified atom stereocenters. The number of piperidine rings is 1. The Morgan fingerprint density at radius 1 is 1.12 bits per heavy atom. The number of nitrogens with one attached hydrogen (secondary N) is 2. The van der Waals surface area contributed by atoms with E-state index in [1.165, 1.54) is 36.9 Å². The molecular weight excluding hydrogens is 419 g/mol. The topological polar surface area (TPSA) is 86.8 Å². The Hall–Kier alpha value is -3.65. The summed E-state index contributed by atoms with van der Waals surface area (Å²) in [5.41, 5.74) is 4.01. The van der Waals surface area contributed by atoms with Crippen LogP contribution in [0.5, 0.6) is 0 Å². The molecule has 0 aliphatic carbocycles. The highest BCUT2D eigenvalue weighted by molar-refractivity contribution is 6.11. The van der Waals surface area contributed by atoms with Crippen LogP contribution in [0.15, 0.2) is 55.1 Å². The highest BCUT2D eigenvalue weighted by Crippen LogP contribution is 2.27. The number of fused-ring (bicyclic) bond motifs is 1. The summed E-state index contributed by atoms with van der Waals surface area (Å²) in [4.78, 5) is 23.6. The van der Waals surface area contributed by atoms with Gasteiger partial charge in [0.1, 0.15) is 5.82 Å². The van der Waals surface area contributed by atoms with Gasteiger partial charge in [0, 0.05) is 36.1 Å². The van der Waals surface area contributed by atoms with Crippen LogP contribution in [0.3, 0.4) is 0 Å². The normalized spacial score (nSPS) is 15.1. The highest BCUT2D eigenvalue weighted by Gasteiger charge is 2.18. The molecule has 0 atom stereocenters. The minimum Gasteiger partial charge on any atom is -0.317 e. The van der Waals surface area contributed by atoms with E-state index in [1.807, 2.05) is 30.6 Å². The van der Waals surface area contributed by atoms with Crippen molar-refractivity contribution in [3.63, 3.8) is 0 Å². The van der Waals surface area contributed by atoms with E-state index in [0.717, 1.165) is 42.2 Å². The summed E-state index contributed by atoms with van der Waals surface area (Å²) in [7, 11) is 0. The van der Waals surface area contributed by atoms with Gasteiger partial charge < -0.3 is 5.32 Å². The molecule has 4 aromatic rings. The Kier molecular flexibility index (Phi) is 5.83. The van der Waals surface area contributed by atoms with Gasteiger partial charge in [0.2, 0.25) is 0 Å². The molecule has 0 spiro atoms. The van der Waals surface area contributed by atoms with E-state index in [0.29, 0.717) is 5.39 Å². The number of carbonyl (C=O) groups is 1. The number of pyridine rings is 2. The van der Waals surface area contributed by atoms with E-state index in [2.05, 4.69) is 43.4 Å². The second-order valence-electron chi connectivity index (χ2n) is 8.68. The quantitative estimate of drug-likeness (QED) is 0.468.